The Morgan fingerprint density at radius 3 is 2.67 bits per heavy atom. The van der Waals surface area contributed by atoms with Gasteiger partial charge in [0, 0.05) is 23.7 Å². The molecule has 0 saturated carbocycles. The topological polar surface area (TPSA) is 55.5 Å². The van der Waals surface area contributed by atoms with Crippen molar-refractivity contribution in [2.45, 2.75) is 12.5 Å². The van der Waals surface area contributed by atoms with Crippen molar-refractivity contribution in [3.63, 3.8) is 0 Å². The lowest BCUT2D eigenvalue weighted by Crippen LogP contribution is -2.27. The minimum Gasteiger partial charge on any atom is -0.496 e. The average Bonchev–Trinajstić information content (AvgIpc) is 2.21. The van der Waals surface area contributed by atoms with Gasteiger partial charge in [-0.2, -0.15) is 0 Å². The van der Waals surface area contributed by atoms with Gasteiger partial charge in [0.15, 0.2) is 0 Å². The van der Waals surface area contributed by atoms with Crippen LogP contribution in [0.4, 0.5) is 8.78 Å². The van der Waals surface area contributed by atoms with Crippen LogP contribution in [-0.2, 0) is 6.42 Å². The van der Waals surface area contributed by atoms with Crippen molar-refractivity contribution >= 4 is 0 Å². The number of rotatable bonds is 4. The molecule has 1 aromatic rings. The molecule has 0 amide bonds. The van der Waals surface area contributed by atoms with Crippen molar-refractivity contribution in [2.24, 2.45) is 5.73 Å². The van der Waals surface area contributed by atoms with Crippen LogP contribution in [0.2, 0.25) is 0 Å². The molecule has 5 heteroatoms. The molecular weight excluding hydrogens is 204 g/mol. The maximum atomic E-state index is 13.3. The van der Waals surface area contributed by atoms with Crippen molar-refractivity contribution in [2.75, 3.05) is 13.7 Å². The monoisotopic (exact) mass is 217 g/mol. The van der Waals surface area contributed by atoms with Crippen LogP contribution < -0.4 is 10.5 Å². The van der Waals surface area contributed by atoms with Crippen molar-refractivity contribution in [1.82, 2.24) is 0 Å². The van der Waals surface area contributed by atoms with E-state index < -0.39 is 17.7 Å². The molecule has 15 heavy (non-hydrogen) atoms. The molecule has 0 radical (unpaired) electrons. The van der Waals surface area contributed by atoms with E-state index >= 15 is 0 Å². The molecule has 0 bridgehead atoms. The number of nitrogens with two attached hydrogens (primary N) is 1. The number of benzene rings is 1. The van der Waals surface area contributed by atoms with E-state index in [2.05, 4.69) is 0 Å². The Labute approximate surface area is 86.5 Å². The van der Waals surface area contributed by atoms with Crippen LogP contribution in [-0.4, -0.2) is 24.9 Å². The summed E-state index contributed by atoms with van der Waals surface area (Å²) in [6.45, 7) is -0.264. The zero-order valence-electron chi connectivity index (χ0n) is 8.34. The largest absolute Gasteiger partial charge is 0.496 e. The molecule has 0 fully saturated rings. The molecule has 0 aliphatic rings. The summed E-state index contributed by atoms with van der Waals surface area (Å²) in [5, 5.41) is 8.74. The summed E-state index contributed by atoms with van der Waals surface area (Å²) in [7, 11) is 1.32. The minimum absolute atomic E-state index is 0.103. The normalized spacial score (nSPS) is 12.6. The first-order valence-corrected chi connectivity index (χ1v) is 4.46. The van der Waals surface area contributed by atoms with E-state index in [1.165, 1.54) is 7.11 Å². The molecule has 3 N–H and O–H groups in total. The second-order valence-electron chi connectivity index (χ2n) is 3.22. The fourth-order valence-electron chi connectivity index (χ4n) is 1.29. The van der Waals surface area contributed by atoms with Gasteiger partial charge in [0.1, 0.15) is 17.4 Å². The molecule has 1 atom stereocenters. The van der Waals surface area contributed by atoms with E-state index in [1.54, 1.807) is 0 Å². The van der Waals surface area contributed by atoms with Gasteiger partial charge in [0.25, 0.3) is 0 Å². The Bertz CT molecular complexity index is 344. The maximum absolute atomic E-state index is 13.3. The molecule has 1 unspecified atom stereocenters. The fourth-order valence-corrected chi connectivity index (χ4v) is 1.29. The van der Waals surface area contributed by atoms with Gasteiger partial charge in [-0.05, 0) is 6.42 Å². The Morgan fingerprint density at radius 2 is 2.13 bits per heavy atom. The standard InChI is InChI=1S/C10H13F2NO2/c1-15-10-3-6(11)2-9(12)8(10)4-7(13)5-14/h2-3,7,14H,4-5,13H2,1H3. The van der Waals surface area contributed by atoms with Gasteiger partial charge in [-0.15, -0.1) is 0 Å². The van der Waals surface area contributed by atoms with E-state index in [0.29, 0.717) is 0 Å². The van der Waals surface area contributed by atoms with Crippen molar-refractivity contribution in [3.05, 3.63) is 29.3 Å². The quantitative estimate of drug-likeness (QED) is 0.785. The first-order valence-electron chi connectivity index (χ1n) is 4.46. The Hall–Kier alpha value is -1.20. The summed E-state index contributed by atoms with van der Waals surface area (Å²) in [6, 6.07) is 1.27. The molecule has 0 spiro atoms. The number of hydrogen-bond acceptors (Lipinski definition) is 3. The molecular formula is C10H13F2NO2. The Balaban J connectivity index is 3.04. The summed E-state index contributed by atoms with van der Waals surface area (Å²) < 4.78 is 31.0. The molecule has 1 rings (SSSR count). The number of methoxy groups -OCH3 is 1. The molecule has 84 valence electrons. The van der Waals surface area contributed by atoms with Gasteiger partial charge in [-0.3, -0.25) is 0 Å². The highest BCUT2D eigenvalue weighted by molar-refractivity contribution is 5.36. The highest BCUT2D eigenvalue weighted by atomic mass is 19.1. The van der Waals surface area contributed by atoms with Gasteiger partial charge in [0.05, 0.1) is 13.7 Å². The van der Waals surface area contributed by atoms with Crippen LogP contribution in [0, 0.1) is 11.6 Å². The van der Waals surface area contributed by atoms with Crippen molar-refractivity contribution in [1.29, 1.82) is 0 Å². The first kappa shape index (κ1) is 11.9. The number of hydrogen-bond donors (Lipinski definition) is 2. The van der Waals surface area contributed by atoms with E-state index in [4.69, 9.17) is 15.6 Å². The SMILES string of the molecule is COc1cc(F)cc(F)c1CC(N)CO. The molecule has 1 aromatic carbocycles. The number of aliphatic hydroxyl groups excluding tert-OH is 1. The predicted molar refractivity (Wildman–Crippen MR) is 51.7 cm³/mol. The zero-order chi connectivity index (χ0) is 11.4. The van der Waals surface area contributed by atoms with Gasteiger partial charge < -0.3 is 15.6 Å². The highest BCUT2D eigenvalue weighted by Crippen LogP contribution is 2.24. The smallest absolute Gasteiger partial charge is 0.133 e. The van der Waals surface area contributed by atoms with Gasteiger partial charge in [-0.1, -0.05) is 0 Å². The minimum atomic E-state index is -0.712. The summed E-state index contributed by atoms with van der Waals surface area (Å²) in [5.74, 6) is -1.31. The average molecular weight is 217 g/mol. The van der Waals surface area contributed by atoms with Gasteiger partial charge in [0.2, 0.25) is 0 Å². The van der Waals surface area contributed by atoms with Crippen LogP contribution in [0.15, 0.2) is 12.1 Å². The summed E-state index contributed by atoms with van der Waals surface area (Å²) in [5.41, 5.74) is 5.65. The van der Waals surface area contributed by atoms with Crippen molar-refractivity contribution in [3.8, 4) is 5.75 Å². The lowest BCUT2D eigenvalue weighted by Gasteiger charge is -2.13. The van der Waals surface area contributed by atoms with Crippen molar-refractivity contribution < 1.29 is 18.6 Å². The molecule has 0 aromatic heterocycles. The number of ether oxygens (including phenoxy) is 1. The molecule has 3 nitrogen and oxygen atoms in total. The van der Waals surface area contributed by atoms with E-state index in [9.17, 15) is 8.78 Å². The lowest BCUT2D eigenvalue weighted by molar-refractivity contribution is 0.263. The molecule has 0 aliphatic heterocycles. The third-order valence-corrected chi connectivity index (χ3v) is 2.04. The van der Waals surface area contributed by atoms with Crippen LogP contribution in [0.25, 0.3) is 0 Å². The van der Waals surface area contributed by atoms with Crippen LogP contribution in [0.1, 0.15) is 5.56 Å². The second-order valence-corrected chi connectivity index (χ2v) is 3.22. The first-order chi connectivity index (χ1) is 7.08. The number of aliphatic hydroxyl groups is 1. The molecule has 0 heterocycles. The Kier molecular flexibility index (Phi) is 3.99. The maximum Gasteiger partial charge on any atom is 0.133 e. The highest BCUT2D eigenvalue weighted by Gasteiger charge is 2.14. The van der Waals surface area contributed by atoms with Crippen LogP contribution in [0.5, 0.6) is 5.75 Å². The van der Waals surface area contributed by atoms with E-state index in [0.717, 1.165) is 12.1 Å². The van der Waals surface area contributed by atoms with E-state index in [1.807, 2.05) is 0 Å². The lowest BCUT2D eigenvalue weighted by atomic mass is 10.1. The number of halogens is 2. The summed E-state index contributed by atoms with van der Waals surface area (Å²) >= 11 is 0. The van der Waals surface area contributed by atoms with Gasteiger partial charge in [-0.25, -0.2) is 8.78 Å². The van der Waals surface area contributed by atoms with Gasteiger partial charge >= 0.3 is 0 Å². The molecule has 0 aliphatic carbocycles. The summed E-state index contributed by atoms with van der Waals surface area (Å²) in [4.78, 5) is 0. The Morgan fingerprint density at radius 1 is 1.47 bits per heavy atom. The van der Waals surface area contributed by atoms with Crippen LogP contribution in [0.3, 0.4) is 0 Å². The molecule has 0 saturated heterocycles. The predicted octanol–water partition coefficient (Wildman–Crippen LogP) is 0.836. The fraction of sp³-hybridized carbons (Fsp3) is 0.400. The summed E-state index contributed by atoms with van der Waals surface area (Å²) in [6.07, 6.45) is 0.103. The third kappa shape index (κ3) is 2.87. The third-order valence-electron chi connectivity index (χ3n) is 2.04. The zero-order valence-corrected chi connectivity index (χ0v) is 8.34. The van der Waals surface area contributed by atoms with Crippen LogP contribution >= 0.6 is 0 Å². The second kappa shape index (κ2) is 5.04. The van der Waals surface area contributed by atoms with E-state index in [-0.39, 0.29) is 24.3 Å².